The largest absolute Gasteiger partial charge is 0.390 e. The average molecular weight is 196 g/mol. The summed E-state index contributed by atoms with van der Waals surface area (Å²) in [7, 11) is 1.77. The number of hydrogen-bond donors (Lipinski definition) is 2. The van der Waals surface area contributed by atoms with Crippen molar-refractivity contribution in [3.05, 3.63) is 34.2 Å². The Morgan fingerprint density at radius 3 is 2.93 bits per heavy atom. The van der Waals surface area contributed by atoms with Crippen molar-refractivity contribution in [3.63, 3.8) is 0 Å². The van der Waals surface area contributed by atoms with E-state index in [-0.39, 0.29) is 5.56 Å². The van der Waals surface area contributed by atoms with Crippen LogP contribution in [0.15, 0.2) is 23.1 Å². The van der Waals surface area contributed by atoms with E-state index in [4.69, 9.17) is 0 Å². The van der Waals surface area contributed by atoms with Crippen molar-refractivity contribution in [2.75, 3.05) is 13.6 Å². The second-order valence-corrected chi connectivity index (χ2v) is 3.41. The van der Waals surface area contributed by atoms with Gasteiger partial charge in [-0.25, -0.2) is 0 Å². The molecule has 1 aromatic rings. The van der Waals surface area contributed by atoms with Gasteiger partial charge in [0.25, 0.3) is 5.56 Å². The molecule has 1 heterocycles. The Morgan fingerprint density at radius 2 is 2.36 bits per heavy atom. The first kappa shape index (κ1) is 10.9. The van der Waals surface area contributed by atoms with Crippen LogP contribution in [-0.2, 0) is 6.54 Å². The Morgan fingerprint density at radius 1 is 1.64 bits per heavy atom. The van der Waals surface area contributed by atoms with Crippen LogP contribution in [0.1, 0.15) is 5.56 Å². The zero-order chi connectivity index (χ0) is 10.6. The van der Waals surface area contributed by atoms with Crippen LogP contribution in [0.2, 0.25) is 0 Å². The quantitative estimate of drug-likeness (QED) is 0.697. The van der Waals surface area contributed by atoms with Gasteiger partial charge in [0.1, 0.15) is 0 Å². The van der Waals surface area contributed by atoms with Crippen LogP contribution < -0.4 is 10.9 Å². The summed E-state index contributed by atoms with van der Waals surface area (Å²) in [5, 5.41) is 12.3. The number of nitrogens with one attached hydrogen (secondary N) is 1. The van der Waals surface area contributed by atoms with Crippen LogP contribution in [0.5, 0.6) is 0 Å². The molecule has 78 valence electrons. The van der Waals surface area contributed by atoms with Gasteiger partial charge in [-0.05, 0) is 25.6 Å². The van der Waals surface area contributed by atoms with E-state index < -0.39 is 6.10 Å². The van der Waals surface area contributed by atoms with Crippen molar-refractivity contribution >= 4 is 0 Å². The number of hydrogen-bond acceptors (Lipinski definition) is 3. The monoisotopic (exact) mass is 196 g/mol. The molecular formula is C10H16N2O2. The number of aromatic nitrogens is 1. The van der Waals surface area contributed by atoms with E-state index in [1.807, 2.05) is 13.0 Å². The molecule has 0 aromatic carbocycles. The first-order chi connectivity index (χ1) is 6.63. The van der Waals surface area contributed by atoms with Crippen molar-refractivity contribution in [1.29, 1.82) is 0 Å². The fourth-order valence-electron chi connectivity index (χ4n) is 1.28. The van der Waals surface area contributed by atoms with E-state index in [0.29, 0.717) is 13.1 Å². The lowest BCUT2D eigenvalue weighted by Crippen LogP contribution is -2.32. The number of aliphatic hydroxyl groups is 1. The smallest absolute Gasteiger partial charge is 0.250 e. The molecule has 0 aliphatic carbocycles. The fourth-order valence-corrected chi connectivity index (χ4v) is 1.28. The van der Waals surface area contributed by atoms with E-state index in [2.05, 4.69) is 5.32 Å². The van der Waals surface area contributed by atoms with E-state index in [1.54, 1.807) is 19.3 Å². The van der Waals surface area contributed by atoms with Crippen LogP contribution in [0, 0.1) is 6.92 Å². The minimum absolute atomic E-state index is 0.0693. The lowest BCUT2D eigenvalue weighted by molar-refractivity contribution is 0.153. The lowest BCUT2D eigenvalue weighted by Gasteiger charge is -2.11. The topological polar surface area (TPSA) is 54.3 Å². The summed E-state index contributed by atoms with van der Waals surface area (Å²) < 4.78 is 1.51. The molecule has 14 heavy (non-hydrogen) atoms. The highest BCUT2D eigenvalue weighted by molar-refractivity contribution is 5.08. The molecule has 0 saturated heterocycles. The highest BCUT2D eigenvalue weighted by Gasteiger charge is 2.04. The number of nitrogens with zero attached hydrogens (tertiary/aromatic N) is 1. The number of likely N-dealkylation sites (N-methyl/N-ethyl adjacent to an activating group) is 1. The van der Waals surface area contributed by atoms with Gasteiger partial charge in [-0.1, -0.05) is 0 Å². The van der Waals surface area contributed by atoms with Crippen molar-refractivity contribution in [1.82, 2.24) is 9.88 Å². The minimum atomic E-state index is -0.527. The molecule has 0 amide bonds. The summed E-state index contributed by atoms with van der Waals surface area (Å²) in [6.07, 6.45) is 1.18. The van der Waals surface area contributed by atoms with Gasteiger partial charge in [0.2, 0.25) is 0 Å². The Labute approximate surface area is 83.2 Å². The molecule has 4 heteroatoms. The SMILES string of the molecule is CNCC(O)Cn1ccc(C)cc1=O. The zero-order valence-corrected chi connectivity index (χ0v) is 8.53. The summed E-state index contributed by atoms with van der Waals surface area (Å²) in [5.74, 6) is 0. The predicted octanol–water partition coefficient (Wildman–Crippen LogP) is -0.263. The molecule has 0 bridgehead atoms. The first-order valence-corrected chi connectivity index (χ1v) is 4.63. The Bertz CT molecular complexity index is 346. The van der Waals surface area contributed by atoms with Gasteiger partial charge in [0.05, 0.1) is 12.6 Å². The van der Waals surface area contributed by atoms with Crippen molar-refractivity contribution in [3.8, 4) is 0 Å². The fraction of sp³-hybridized carbons (Fsp3) is 0.500. The molecule has 1 rings (SSSR count). The molecule has 1 unspecified atom stereocenters. The molecule has 1 aromatic heterocycles. The molecule has 0 spiro atoms. The zero-order valence-electron chi connectivity index (χ0n) is 8.53. The number of aryl methyl sites for hydroxylation is 1. The third kappa shape index (κ3) is 2.97. The molecule has 2 N–H and O–H groups in total. The van der Waals surface area contributed by atoms with Crippen molar-refractivity contribution in [2.24, 2.45) is 0 Å². The second kappa shape index (κ2) is 4.93. The van der Waals surface area contributed by atoms with Gasteiger partial charge in [-0.15, -0.1) is 0 Å². The molecule has 0 aliphatic heterocycles. The van der Waals surface area contributed by atoms with Gasteiger partial charge >= 0.3 is 0 Å². The van der Waals surface area contributed by atoms with Gasteiger partial charge < -0.3 is 15.0 Å². The molecular weight excluding hydrogens is 180 g/mol. The van der Waals surface area contributed by atoms with Crippen LogP contribution >= 0.6 is 0 Å². The summed E-state index contributed by atoms with van der Waals surface area (Å²) >= 11 is 0. The van der Waals surface area contributed by atoms with Crippen molar-refractivity contribution in [2.45, 2.75) is 19.6 Å². The summed E-state index contributed by atoms with van der Waals surface area (Å²) in [6, 6.07) is 3.42. The number of rotatable bonds is 4. The van der Waals surface area contributed by atoms with Crippen LogP contribution in [0.25, 0.3) is 0 Å². The predicted molar refractivity (Wildman–Crippen MR) is 55.4 cm³/mol. The minimum Gasteiger partial charge on any atom is -0.390 e. The standard InChI is InChI=1S/C10H16N2O2/c1-8-3-4-12(10(14)5-8)7-9(13)6-11-2/h3-5,9,11,13H,6-7H2,1-2H3. The van der Waals surface area contributed by atoms with E-state index in [1.165, 1.54) is 4.57 Å². The van der Waals surface area contributed by atoms with Crippen molar-refractivity contribution < 1.29 is 5.11 Å². The maximum atomic E-state index is 11.4. The lowest BCUT2D eigenvalue weighted by atomic mass is 10.3. The van der Waals surface area contributed by atoms with Gasteiger partial charge in [0, 0.05) is 18.8 Å². The van der Waals surface area contributed by atoms with Gasteiger partial charge in [-0.3, -0.25) is 4.79 Å². The van der Waals surface area contributed by atoms with Gasteiger partial charge in [0.15, 0.2) is 0 Å². The molecule has 0 radical (unpaired) electrons. The van der Waals surface area contributed by atoms with Crippen LogP contribution in [0.3, 0.4) is 0 Å². The summed E-state index contributed by atoms with van der Waals surface area (Å²) in [4.78, 5) is 11.4. The second-order valence-electron chi connectivity index (χ2n) is 3.41. The Hall–Kier alpha value is -1.13. The summed E-state index contributed by atoms with van der Waals surface area (Å²) in [5.41, 5.74) is 0.870. The molecule has 0 fully saturated rings. The molecule has 0 aliphatic rings. The number of pyridine rings is 1. The Kier molecular flexibility index (Phi) is 3.85. The normalized spacial score (nSPS) is 12.8. The van der Waals surface area contributed by atoms with Crippen LogP contribution in [-0.4, -0.2) is 29.4 Å². The highest BCUT2D eigenvalue weighted by Crippen LogP contribution is 1.92. The number of aliphatic hydroxyl groups excluding tert-OH is 1. The maximum absolute atomic E-state index is 11.4. The average Bonchev–Trinajstić information content (AvgIpc) is 2.10. The van der Waals surface area contributed by atoms with Crippen LogP contribution in [0.4, 0.5) is 0 Å². The molecule has 1 atom stereocenters. The first-order valence-electron chi connectivity index (χ1n) is 4.63. The molecule has 0 saturated carbocycles. The maximum Gasteiger partial charge on any atom is 0.250 e. The molecule has 4 nitrogen and oxygen atoms in total. The van der Waals surface area contributed by atoms with Gasteiger partial charge in [-0.2, -0.15) is 0 Å². The third-order valence-corrected chi connectivity index (χ3v) is 2.00. The highest BCUT2D eigenvalue weighted by atomic mass is 16.3. The van der Waals surface area contributed by atoms with E-state index in [9.17, 15) is 9.90 Å². The van der Waals surface area contributed by atoms with E-state index >= 15 is 0 Å². The van der Waals surface area contributed by atoms with E-state index in [0.717, 1.165) is 5.56 Å². The summed E-state index contributed by atoms with van der Waals surface area (Å²) in [6.45, 7) is 2.69. The third-order valence-electron chi connectivity index (χ3n) is 2.00. The Balaban J connectivity index is 2.72.